The van der Waals surface area contributed by atoms with Crippen LogP contribution in [0.1, 0.15) is 29.8 Å². The van der Waals surface area contributed by atoms with E-state index in [1.165, 1.54) is 0 Å². The minimum absolute atomic E-state index is 0.0508. The quantitative estimate of drug-likeness (QED) is 0.549. The Hall–Kier alpha value is -3.78. The van der Waals surface area contributed by atoms with Crippen LogP contribution in [-0.2, 0) is 11.2 Å². The molecule has 8 heteroatoms. The number of aliphatic hydroxyl groups excluding tert-OH is 1. The zero-order chi connectivity index (χ0) is 25.7. The standard InChI is InChI=1S/C28H32N4O4/c1-19-16-32(20(2)18-33)28(35)24-13-23(22-9-5-4-6-10-22)15-30-27(24)36-25(19)17-31(3)26(34)12-21-8-7-11-29-14-21/h4-11,13-15,19-20,25,33H,12,16-18H2,1-3H3/t19-,20+,25+/m0/s1. The summed E-state index contributed by atoms with van der Waals surface area (Å²) in [6, 6.07) is 14.8. The fourth-order valence-corrected chi connectivity index (χ4v) is 4.29. The summed E-state index contributed by atoms with van der Waals surface area (Å²) >= 11 is 0. The minimum Gasteiger partial charge on any atom is -0.472 e. The van der Waals surface area contributed by atoms with Crippen LogP contribution in [0.4, 0.5) is 0 Å². The van der Waals surface area contributed by atoms with Gasteiger partial charge >= 0.3 is 0 Å². The van der Waals surface area contributed by atoms with Crippen LogP contribution in [0.25, 0.3) is 11.1 Å². The second-order valence-electron chi connectivity index (χ2n) is 9.38. The Morgan fingerprint density at radius 3 is 2.67 bits per heavy atom. The molecule has 0 radical (unpaired) electrons. The zero-order valence-electron chi connectivity index (χ0n) is 20.9. The molecule has 188 valence electrons. The Kier molecular flexibility index (Phi) is 7.95. The Balaban J connectivity index is 1.62. The number of pyridine rings is 2. The van der Waals surface area contributed by atoms with Gasteiger partial charge in [0.15, 0.2) is 0 Å². The number of carbonyl (C=O) groups is 2. The predicted molar refractivity (Wildman–Crippen MR) is 136 cm³/mol. The number of carbonyl (C=O) groups excluding carboxylic acids is 2. The van der Waals surface area contributed by atoms with Crippen molar-refractivity contribution in [2.75, 3.05) is 26.7 Å². The lowest BCUT2D eigenvalue weighted by Crippen LogP contribution is -2.50. The molecule has 2 amide bonds. The van der Waals surface area contributed by atoms with Crippen LogP contribution in [-0.4, -0.2) is 75.6 Å². The molecular formula is C28H32N4O4. The number of aliphatic hydroxyl groups is 1. The van der Waals surface area contributed by atoms with E-state index in [0.717, 1.165) is 16.7 Å². The molecule has 1 aliphatic rings. The van der Waals surface area contributed by atoms with E-state index in [1.807, 2.05) is 56.3 Å². The van der Waals surface area contributed by atoms with Crippen molar-refractivity contribution in [2.24, 2.45) is 5.92 Å². The van der Waals surface area contributed by atoms with Crippen LogP contribution in [0, 0.1) is 5.92 Å². The van der Waals surface area contributed by atoms with Crippen LogP contribution < -0.4 is 4.74 Å². The lowest BCUT2D eigenvalue weighted by molar-refractivity contribution is -0.130. The number of ether oxygens (including phenoxy) is 1. The summed E-state index contributed by atoms with van der Waals surface area (Å²) in [4.78, 5) is 38.4. The number of fused-ring (bicyclic) bond motifs is 1. The smallest absolute Gasteiger partial charge is 0.259 e. The predicted octanol–water partition coefficient (Wildman–Crippen LogP) is 3.06. The molecule has 8 nitrogen and oxygen atoms in total. The summed E-state index contributed by atoms with van der Waals surface area (Å²) in [7, 11) is 1.75. The lowest BCUT2D eigenvalue weighted by atomic mass is 9.99. The molecule has 36 heavy (non-hydrogen) atoms. The molecule has 0 spiro atoms. The highest BCUT2D eigenvalue weighted by atomic mass is 16.5. The van der Waals surface area contributed by atoms with Crippen LogP contribution in [0.2, 0.25) is 0 Å². The first-order chi connectivity index (χ1) is 17.4. The monoisotopic (exact) mass is 488 g/mol. The maximum absolute atomic E-state index is 13.6. The van der Waals surface area contributed by atoms with E-state index in [1.54, 1.807) is 41.5 Å². The molecule has 3 aromatic rings. The van der Waals surface area contributed by atoms with E-state index in [-0.39, 0.29) is 42.7 Å². The van der Waals surface area contributed by atoms with Crippen molar-refractivity contribution in [2.45, 2.75) is 32.4 Å². The third-order valence-electron chi connectivity index (χ3n) is 6.59. The van der Waals surface area contributed by atoms with Gasteiger partial charge in [0.25, 0.3) is 5.91 Å². The van der Waals surface area contributed by atoms with E-state index in [2.05, 4.69) is 9.97 Å². The van der Waals surface area contributed by atoms with Gasteiger partial charge in [-0.05, 0) is 30.2 Å². The van der Waals surface area contributed by atoms with E-state index in [0.29, 0.717) is 18.7 Å². The van der Waals surface area contributed by atoms with Crippen molar-refractivity contribution in [3.63, 3.8) is 0 Å². The molecule has 3 heterocycles. The van der Waals surface area contributed by atoms with Gasteiger partial charge in [-0.3, -0.25) is 14.6 Å². The van der Waals surface area contributed by atoms with Gasteiger partial charge in [-0.25, -0.2) is 4.98 Å². The molecule has 0 saturated carbocycles. The summed E-state index contributed by atoms with van der Waals surface area (Å²) in [5, 5.41) is 9.86. The first kappa shape index (κ1) is 25.3. The van der Waals surface area contributed by atoms with E-state index in [9.17, 15) is 14.7 Å². The summed E-state index contributed by atoms with van der Waals surface area (Å²) in [6.45, 7) is 4.36. The number of hydrogen-bond acceptors (Lipinski definition) is 6. The normalized spacial score (nSPS) is 18.4. The van der Waals surface area contributed by atoms with Gasteiger partial charge in [-0.15, -0.1) is 0 Å². The number of likely N-dealkylation sites (N-methyl/N-ethyl adjacent to an activating group) is 1. The number of benzene rings is 1. The van der Waals surface area contributed by atoms with Crippen LogP contribution in [0.5, 0.6) is 5.88 Å². The van der Waals surface area contributed by atoms with E-state index >= 15 is 0 Å². The van der Waals surface area contributed by atoms with Crippen molar-refractivity contribution in [1.29, 1.82) is 0 Å². The van der Waals surface area contributed by atoms with Crippen molar-refractivity contribution >= 4 is 11.8 Å². The maximum Gasteiger partial charge on any atom is 0.259 e. The van der Waals surface area contributed by atoms with Gasteiger partial charge in [0, 0.05) is 43.7 Å². The SMILES string of the molecule is C[C@H](CO)N1C[C@H](C)[C@@H](CN(C)C(=O)Cc2cccnc2)Oc2ncc(-c3ccccc3)cc2C1=O. The third kappa shape index (κ3) is 5.71. The lowest BCUT2D eigenvalue weighted by Gasteiger charge is -2.37. The maximum atomic E-state index is 13.6. The molecule has 0 bridgehead atoms. The first-order valence-electron chi connectivity index (χ1n) is 12.1. The number of amides is 2. The average molecular weight is 489 g/mol. The minimum atomic E-state index is -0.400. The Labute approximate surface area is 211 Å². The van der Waals surface area contributed by atoms with Crippen LogP contribution >= 0.6 is 0 Å². The second-order valence-corrected chi connectivity index (χ2v) is 9.38. The molecule has 0 aliphatic carbocycles. The topological polar surface area (TPSA) is 95.9 Å². The molecule has 1 aliphatic heterocycles. The summed E-state index contributed by atoms with van der Waals surface area (Å²) < 4.78 is 6.32. The molecule has 1 aromatic carbocycles. The largest absolute Gasteiger partial charge is 0.472 e. The van der Waals surface area contributed by atoms with Gasteiger partial charge in [0.2, 0.25) is 11.8 Å². The van der Waals surface area contributed by atoms with Crippen molar-refractivity contribution in [3.8, 4) is 17.0 Å². The van der Waals surface area contributed by atoms with Gasteiger partial charge < -0.3 is 19.6 Å². The fourth-order valence-electron chi connectivity index (χ4n) is 4.29. The van der Waals surface area contributed by atoms with Crippen molar-refractivity contribution in [1.82, 2.24) is 19.8 Å². The average Bonchev–Trinajstić information content (AvgIpc) is 2.91. The Bertz CT molecular complexity index is 1190. The molecule has 0 unspecified atom stereocenters. The van der Waals surface area contributed by atoms with Gasteiger partial charge in [0.1, 0.15) is 11.7 Å². The van der Waals surface area contributed by atoms with Crippen molar-refractivity contribution < 1.29 is 19.4 Å². The number of hydrogen-bond donors (Lipinski definition) is 1. The van der Waals surface area contributed by atoms with Gasteiger partial charge in [-0.1, -0.05) is 43.3 Å². The van der Waals surface area contributed by atoms with Gasteiger partial charge in [0.05, 0.1) is 25.6 Å². The van der Waals surface area contributed by atoms with Gasteiger partial charge in [-0.2, -0.15) is 0 Å². The molecule has 4 rings (SSSR count). The molecule has 3 atom stereocenters. The first-order valence-corrected chi connectivity index (χ1v) is 12.1. The van der Waals surface area contributed by atoms with E-state index < -0.39 is 6.10 Å². The molecule has 0 fully saturated rings. The Morgan fingerprint density at radius 1 is 1.19 bits per heavy atom. The van der Waals surface area contributed by atoms with Crippen molar-refractivity contribution in [3.05, 3.63) is 78.2 Å². The number of rotatable bonds is 7. The Morgan fingerprint density at radius 2 is 1.97 bits per heavy atom. The molecule has 0 saturated heterocycles. The molecule has 2 aromatic heterocycles. The highest BCUT2D eigenvalue weighted by Crippen LogP contribution is 2.30. The molecule has 1 N–H and O–H groups in total. The summed E-state index contributed by atoms with van der Waals surface area (Å²) in [5.74, 6) is -0.159. The van der Waals surface area contributed by atoms with E-state index in [4.69, 9.17) is 4.74 Å². The summed E-state index contributed by atoms with van der Waals surface area (Å²) in [5.41, 5.74) is 2.93. The van der Waals surface area contributed by atoms with Crippen LogP contribution in [0.3, 0.4) is 0 Å². The van der Waals surface area contributed by atoms with Crippen LogP contribution in [0.15, 0.2) is 67.1 Å². The third-order valence-corrected chi connectivity index (χ3v) is 6.59. The number of aromatic nitrogens is 2. The highest BCUT2D eigenvalue weighted by molar-refractivity contribution is 5.98. The number of nitrogens with zero attached hydrogens (tertiary/aromatic N) is 4. The molecular weight excluding hydrogens is 456 g/mol. The zero-order valence-corrected chi connectivity index (χ0v) is 20.9. The fraction of sp³-hybridized carbons (Fsp3) is 0.357. The highest BCUT2D eigenvalue weighted by Gasteiger charge is 2.34. The summed E-state index contributed by atoms with van der Waals surface area (Å²) in [6.07, 6.45) is 4.90. The second kappa shape index (κ2) is 11.3.